The molecule has 76 heavy (non-hydrogen) atoms. The summed E-state index contributed by atoms with van der Waals surface area (Å²) < 4.78 is 0. The zero-order valence-corrected chi connectivity index (χ0v) is 46.5. The first-order valence-electron chi connectivity index (χ1n) is 27.2. The van der Waals surface area contributed by atoms with E-state index in [9.17, 15) is 45.0 Å². The van der Waals surface area contributed by atoms with Gasteiger partial charge in [0.25, 0.3) is 0 Å². The third kappa shape index (κ3) is 13.4. The minimum atomic E-state index is -1.13. The Hall–Kier alpha value is -6.34. The van der Waals surface area contributed by atoms with Crippen LogP contribution in [0.1, 0.15) is 237 Å². The average Bonchev–Trinajstić information content (AvgIpc) is 3.45. The number of aromatic carboxylic acids is 3. The molecule has 3 fully saturated rings. The van der Waals surface area contributed by atoms with Crippen LogP contribution in [-0.4, -0.2) is 50.6 Å². The molecule has 3 N–H and O–H groups in total. The first-order chi connectivity index (χ1) is 35.7. The van der Waals surface area contributed by atoms with Crippen LogP contribution in [0, 0.1) is 0 Å². The number of hydrogen-bond acceptors (Lipinski definition) is 6. The van der Waals surface area contributed by atoms with Crippen LogP contribution in [0.15, 0.2) is 127 Å². The summed E-state index contributed by atoms with van der Waals surface area (Å²) in [5.74, 6) is -3.40. The van der Waals surface area contributed by atoms with E-state index < -0.39 is 34.2 Å². The number of benzene rings is 6. The second-order valence-corrected chi connectivity index (χ2v) is 22.7. The van der Waals surface area contributed by atoms with E-state index in [2.05, 4.69) is 0 Å². The molecule has 0 spiro atoms. The third-order valence-corrected chi connectivity index (χ3v) is 16.8. The molecule has 0 atom stereocenters. The molecule has 6 aromatic carbocycles. The van der Waals surface area contributed by atoms with Crippen LogP contribution in [-0.2, 0) is 16.2 Å². The zero-order valence-electron chi connectivity index (χ0n) is 45.3. The fourth-order valence-corrected chi connectivity index (χ4v) is 11.9. The fourth-order valence-electron chi connectivity index (χ4n) is 11.9. The van der Waals surface area contributed by atoms with E-state index in [0.29, 0.717) is 34.4 Å². The Balaban J connectivity index is 0.000000184. The summed E-state index contributed by atoms with van der Waals surface area (Å²) >= 11 is 0. The van der Waals surface area contributed by atoms with Crippen LogP contribution >= 0.6 is 0 Å². The van der Waals surface area contributed by atoms with Gasteiger partial charge in [-0.3, -0.25) is 0 Å². The van der Waals surface area contributed by atoms with E-state index in [1.54, 1.807) is 18.2 Å². The Kier molecular flexibility index (Phi) is 19.9. The van der Waals surface area contributed by atoms with E-state index in [1.165, 1.54) is 57.8 Å². The van der Waals surface area contributed by atoms with Gasteiger partial charge in [-0.2, -0.15) is 0 Å². The molecular weight excluding hydrogens is 964 g/mol. The molecule has 0 aromatic heterocycles. The van der Waals surface area contributed by atoms with Gasteiger partial charge in [0.05, 0.1) is 16.7 Å². The second kappa shape index (κ2) is 25.7. The number of carbonyl (C=O) groups is 3. The molecule has 3 aliphatic carbocycles. The molecule has 9 rings (SSSR count). The van der Waals surface area contributed by atoms with Crippen LogP contribution in [0.25, 0.3) is 0 Å². The smallest absolute Gasteiger partial charge is 0.872 e. The summed E-state index contributed by atoms with van der Waals surface area (Å²) in [6.07, 6.45) is 17.2. The van der Waals surface area contributed by atoms with Crippen LogP contribution in [0.3, 0.4) is 0 Å². The number of hydrogen-bond donors (Lipinski definition) is 3. The second-order valence-electron chi connectivity index (χ2n) is 22.7. The summed E-state index contributed by atoms with van der Waals surface area (Å²) in [6, 6.07) is 40.2. The normalized spacial score (nSPS) is 15.7. The largest absolute Gasteiger partial charge is 3.00 e. The molecule has 396 valence electrons. The number of rotatable bonds is 12. The molecule has 3 saturated carbocycles. The zero-order chi connectivity index (χ0) is 54.1. The van der Waals surface area contributed by atoms with Crippen molar-refractivity contribution in [2.24, 2.45) is 0 Å². The molecule has 0 heterocycles. The Morgan fingerprint density at radius 1 is 0.368 bits per heavy atom. The molecular formula is C66H75AlO9. The SMILES string of the molecule is CC(C)(c1ccccc1)c1cc(C2CCCCC2)cc(C(=O)O)c1[O-].CC(C)(c1ccccc1)c1cc(C2CCCCC2)cc(C(=O)O)c1[O-].CC(C)(c1ccccc1)c1cc(C2CCCCC2)cc(C(=O)O)c1[O-].[Al+3]. The van der Waals surface area contributed by atoms with E-state index in [0.717, 1.165) is 71.9 Å². The van der Waals surface area contributed by atoms with Gasteiger partial charge in [-0.15, -0.1) is 0 Å². The van der Waals surface area contributed by atoms with Crippen molar-refractivity contribution in [3.8, 4) is 17.2 Å². The van der Waals surface area contributed by atoms with Gasteiger partial charge in [-0.05, 0) is 125 Å². The topological polar surface area (TPSA) is 181 Å². The Morgan fingerprint density at radius 2 is 0.579 bits per heavy atom. The van der Waals surface area contributed by atoms with Gasteiger partial charge >= 0.3 is 35.3 Å². The molecule has 0 bridgehead atoms. The van der Waals surface area contributed by atoms with Gasteiger partial charge in [0.15, 0.2) is 0 Å². The Morgan fingerprint density at radius 3 is 0.776 bits per heavy atom. The molecule has 0 radical (unpaired) electrons. The van der Waals surface area contributed by atoms with Crippen molar-refractivity contribution in [1.29, 1.82) is 0 Å². The summed E-state index contributed by atoms with van der Waals surface area (Å²) in [5.41, 5.74) is 5.94. The summed E-state index contributed by atoms with van der Waals surface area (Å²) in [6.45, 7) is 12.0. The van der Waals surface area contributed by atoms with Crippen molar-refractivity contribution in [2.45, 2.75) is 172 Å². The molecule has 9 nitrogen and oxygen atoms in total. The van der Waals surface area contributed by atoms with Crippen LogP contribution in [0.2, 0.25) is 0 Å². The maximum Gasteiger partial charge on any atom is 3.00 e. The molecule has 6 aromatic rings. The van der Waals surface area contributed by atoms with E-state index in [4.69, 9.17) is 0 Å². The first-order valence-corrected chi connectivity index (χ1v) is 27.2. The van der Waals surface area contributed by atoms with Crippen molar-refractivity contribution < 1.29 is 45.0 Å². The van der Waals surface area contributed by atoms with Gasteiger partial charge in [-0.25, -0.2) is 14.4 Å². The van der Waals surface area contributed by atoms with Crippen LogP contribution < -0.4 is 15.3 Å². The first kappa shape index (κ1) is 58.9. The summed E-state index contributed by atoms with van der Waals surface area (Å²) in [7, 11) is 0. The fraction of sp³-hybridized carbons (Fsp3) is 0.409. The minimum absolute atomic E-state index is 0. The molecule has 0 amide bonds. The Bertz CT molecular complexity index is 2590. The van der Waals surface area contributed by atoms with Crippen molar-refractivity contribution >= 4 is 35.3 Å². The summed E-state index contributed by atoms with van der Waals surface area (Å²) in [5, 5.41) is 67.3. The molecule has 0 aliphatic heterocycles. The van der Waals surface area contributed by atoms with E-state index in [-0.39, 0.29) is 51.3 Å². The maximum absolute atomic E-state index is 12.9. The molecule has 10 heteroatoms. The standard InChI is InChI=1S/3C22H26O3.Al/c3*1-22(2,17-11-7-4-8-12-17)19-14-16(15-9-5-3-6-10-15)13-18(20(19)23)21(24)25;/h3*4,7-8,11-15,23H,3,5-6,9-10H2,1-2H3,(H,24,25);/q;;;+3/p-3. The van der Waals surface area contributed by atoms with Crippen LogP contribution in [0.5, 0.6) is 17.2 Å². The van der Waals surface area contributed by atoms with Gasteiger partial charge in [-0.1, -0.05) is 226 Å². The predicted molar refractivity (Wildman–Crippen MR) is 297 cm³/mol. The number of carboxylic acid groups (broad SMARTS) is 3. The van der Waals surface area contributed by atoms with Gasteiger partial charge in [0.2, 0.25) is 0 Å². The average molecular weight is 1040 g/mol. The quantitative estimate of drug-likeness (QED) is 0.101. The van der Waals surface area contributed by atoms with Gasteiger partial charge in [0, 0.05) is 16.2 Å². The minimum Gasteiger partial charge on any atom is -0.872 e. The van der Waals surface area contributed by atoms with Crippen molar-refractivity contribution in [3.05, 3.63) is 194 Å². The molecule has 0 saturated heterocycles. The maximum atomic E-state index is 12.9. The van der Waals surface area contributed by atoms with Gasteiger partial charge in [0.1, 0.15) is 0 Å². The van der Waals surface area contributed by atoms with Crippen molar-refractivity contribution in [1.82, 2.24) is 0 Å². The third-order valence-electron chi connectivity index (χ3n) is 16.8. The van der Waals surface area contributed by atoms with E-state index >= 15 is 0 Å². The predicted octanol–water partition coefficient (Wildman–Crippen LogP) is 14.1. The molecule has 0 unspecified atom stereocenters. The molecule has 3 aliphatic rings. The number of carboxylic acids is 3. The van der Waals surface area contributed by atoms with E-state index in [1.807, 2.05) is 151 Å². The Labute approximate surface area is 461 Å². The van der Waals surface area contributed by atoms with Crippen LogP contribution in [0.4, 0.5) is 0 Å². The van der Waals surface area contributed by atoms with Crippen molar-refractivity contribution in [3.63, 3.8) is 0 Å². The summed E-state index contributed by atoms with van der Waals surface area (Å²) in [4.78, 5) is 35.0. The monoisotopic (exact) mass is 1040 g/mol. The van der Waals surface area contributed by atoms with Gasteiger partial charge < -0.3 is 30.6 Å². The van der Waals surface area contributed by atoms with Crippen molar-refractivity contribution in [2.75, 3.05) is 0 Å².